The molecule has 0 unspecified atom stereocenters. The van der Waals surface area contributed by atoms with Crippen molar-refractivity contribution in [1.82, 2.24) is 4.90 Å². The number of hydrogen-bond acceptors (Lipinski definition) is 5. The van der Waals surface area contributed by atoms with Crippen LogP contribution in [0.3, 0.4) is 0 Å². The molecule has 0 N–H and O–H groups in total. The average Bonchev–Trinajstić information content (AvgIpc) is 2.64. The van der Waals surface area contributed by atoms with Crippen molar-refractivity contribution in [1.29, 1.82) is 0 Å². The molecule has 6 heteroatoms. The van der Waals surface area contributed by atoms with E-state index in [1.807, 2.05) is 30.3 Å². The van der Waals surface area contributed by atoms with Gasteiger partial charge in [-0.3, -0.25) is 10.1 Å². The first kappa shape index (κ1) is 17.2. The summed E-state index contributed by atoms with van der Waals surface area (Å²) in [6, 6.07) is 15.1. The number of methoxy groups -OCH3 is 1. The van der Waals surface area contributed by atoms with Crippen LogP contribution in [0, 0.1) is 10.1 Å². The van der Waals surface area contributed by atoms with E-state index in [1.165, 1.54) is 6.07 Å². The summed E-state index contributed by atoms with van der Waals surface area (Å²) in [5.74, 6) is 0.647. The number of non-ortho nitro benzene ring substituents is 1. The number of ether oxygens (including phenoxy) is 1. The van der Waals surface area contributed by atoms with Crippen molar-refractivity contribution >= 4 is 17.1 Å². The molecule has 0 aromatic heterocycles. The minimum Gasteiger partial charge on any atom is -0.495 e. The largest absolute Gasteiger partial charge is 0.495 e. The maximum absolute atomic E-state index is 11.3. The molecule has 6 nitrogen and oxygen atoms in total. The van der Waals surface area contributed by atoms with Crippen LogP contribution in [0.25, 0.3) is 0 Å². The third-order valence-electron chi connectivity index (χ3n) is 4.72. The van der Waals surface area contributed by atoms with Crippen LogP contribution in [0.1, 0.15) is 12.8 Å². The lowest BCUT2D eigenvalue weighted by Gasteiger charge is -2.39. The predicted molar refractivity (Wildman–Crippen MR) is 98.7 cm³/mol. The standard InChI is InChI=1S/C19H23N3O3/c1-20-12-10-16(11-13-20)21(15-6-4-3-5-7-15)18-14-17(22(23)24)8-9-19(18)25-2/h3-9,14,16H,10-13H2,1-2H3. The number of piperidine rings is 1. The molecule has 0 spiro atoms. The summed E-state index contributed by atoms with van der Waals surface area (Å²) < 4.78 is 5.52. The molecule has 2 aromatic carbocycles. The summed E-state index contributed by atoms with van der Waals surface area (Å²) in [5.41, 5.74) is 1.85. The van der Waals surface area contributed by atoms with Crippen LogP contribution >= 0.6 is 0 Å². The van der Waals surface area contributed by atoms with Crippen molar-refractivity contribution < 1.29 is 9.66 Å². The zero-order valence-corrected chi connectivity index (χ0v) is 14.6. The Morgan fingerprint density at radius 1 is 1.16 bits per heavy atom. The maximum atomic E-state index is 11.3. The predicted octanol–water partition coefficient (Wildman–Crippen LogP) is 3.84. The van der Waals surface area contributed by atoms with Gasteiger partial charge < -0.3 is 14.5 Å². The highest BCUT2D eigenvalue weighted by atomic mass is 16.6. The van der Waals surface area contributed by atoms with Crippen LogP contribution < -0.4 is 9.64 Å². The smallest absolute Gasteiger partial charge is 0.271 e. The van der Waals surface area contributed by atoms with E-state index < -0.39 is 0 Å². The highest BCUT2D eigenvalue weighted by Crippen LogP contribution is 2.39. The Hall–Kier alpha value is -2.60. The lowest BCUT2D eigenvalue weighted by molar-refractivity contribution is -0.384. The number of para-hydroxylation sites is 1. The van der Waals surface area contributed by atoms with Gasteiger partial charge in [0, 0.05) is 23.9 Å². The van der Waals surface area contributed by atoms with Crippen molar-refractivity contribution in [3.8, 4) is 5.75 Å². The van der Waals surface area contributed by atoms with Gasteiger partial charge >= 0.3 is 0 Å². The molecule has 1 saturated heterocycles. The average molecular weight is 341 g/mol. The van der Waals surface area contributed by atoms with Gasteiger partial charge in [-0.15, -0.1) is 0 Å². The zero-order chi connectivity index (χ0) is 17.8. The van der Waals surface area contributed by atoms with E-state index >= 15 is 0 Å². The van der Waals surface area contributed by atoms with Crippen molar-refractivity contribution in [2.24, 2.45) is 0 Å². The molecule has 0 saturated carbocycles. The van der Waals surface area contributed by atoms with Crippen LogP contribution in [0.5, 0.6) is 5.75 Å². The van der Waals surface area contributed by atoms with E-state index in [0.29, 0.717) is 5.75 Å². The van der Waals surface area contributed by atoms with Crippen LogP contribution in [0.2, 0.25) is 0 Å². The minimum atomic E-state index is -0.360. The molecular formula is C19H23N3O3. The second-order valence-electron chi connectivity index (χ2n) is 6.35. The van der Waals surface area contributed by atoms with Crippen molar-refractivity contribution in [3.05, 3.63) is 58.6 Å². The molecule has 0 bridgehead atoms. The Morgan fingerprint density at radius 2 is 1.84 bits per heavy atom. The van der Waals surface area contributed by atoms with Gasteiger partial charge in [0.15, 0.2) is 0 Å². The number of anilines is 2. The first-order valence-corrected chi connectivity index (χ1v) is 8.45. The fourth-order valence-corrected chi connectivity index (χ4v) is 3.37. The number of likely N-dealkylation sites (tertiary alicyclic amines) is 1. The molecule has 2 aromatic rings. The first-order chi connectivity index (χ1) is 12.1. The van der Waals surface area contributed by atoms with Crippen LogP contribution in [-0.2, 0) is 0 Å². The van der Waals surface area contributed by atoms with Gasteiger partial charge in [-0.1, -0.05) is 18.2 Å². The first-order valence-electron chi connectivity index (χ1n) is 8.45. The van der Waals surface area contributed by atoms with E-state index in [0.717, 1.165) is 37.3 Å². The zero-order valence-electron chi connectivity index (χ0n) is 14.6. The van der Waals surface area contributed by atoms with Gasteiger partial charge in [0.05, 0.1) is 17.7 Å². The lowest BCUT2D eigenvalue weighted by Crippen LogP contribution is -2.41. The topological polar surface area (TPSA) is 58.9 Å². The molecule has 1 aliphatic rings. The molecule has 1 aliphatic heterocycles. The van der Waals surface area contributed by atoms with Gasteiger partial charge in [-0.25, -0.2) is 0 Å². The highest BCUT2D eigenvalue weighted by Gasteiger charge is 2.28. The molecule has 1 heterocycles. The summed E-state index contributed by atoms with van der Waals surface area (Å²) in [4.78, 5) is 15.4. The number of nitro groups is 1. The molecule has 132 valence electrons. The Labute approximate surface area is 147 Å². The number of nitrogens with zero attached hydrogens (tertiary/aromatic N) is 3. The Morgan fingerprint density at radius 3 is 2.44 bits per heavy atom. The summed E-state index contributed by atoms with van der Waals surface area (Å²) >= 11 is 0. The Kier molecular flexibility index (Phi) is 5.19. The van der Waals surface area contributed by atoms with Crippen LogP contribution in [0.4, 0.5) is 17.1 Å². The summed E-state index contributed by atoms with van der Waals surface area (Å²) in [5, 5.41) is 11.3. The van der Waals surface area contributed by atoms with Crippen molar-refractivity contribution in [3.63, 3.8) is 0 Å². The fourth-order valence-electron chi connectivity index (χ4n) is 3.37. The molecule has 0 amide bonds. The Bertz CT molecular complexity index is 728. The van der Waals surface area contributed by atoms with Gasteiger partial charge in [0.25, 0.3) is 5.69 Å². The minimum absolute atomic E-state index is 0.0738. The summed E-state index contributed by atoms with van der Waals surface area (Å²) in [7, 11) is 3.72. The molecule has 0 aliphatic carbocycles. The van der Waals surface area contributed by atoms with E-state index in [1.54, 1.807) is 19.2 Å². The van der Waals surface area contributed by atoms with Gasteiger partial charge in [0.2, 0.25) is 0 Å². The van der Waals surface area contributed by atoms with Gasteiger partial charge in [0.1, 0.15) is 5.75 Å². The molecular weight excluding hydrogens is 318 g/mol. The SMILES string of the molecule is COc1ccc([N+](=O)[O-])cc1N(c1ccccc1)C1CCN(C)CC1. The summed E-state index contributed by atoms with van der Waals surface area (Å²) in [6.07, 6.45) is 1.99. The van der Waals surface area contributed by atoms with Gasteiger partial charge in [-0.05, 0) is 51.2 Å². The summed E-state index contributed by atoms with van der Waals surface area (Å²) in [6.45, 7) is 2.01. The Balaban J connectivity index is 2.08. The molecule has 3 rings (SSSR count). The number of rotatable bonds is 5. The third kappa shape index (κ3) is 3.74. The van der Waals surface area contributed by atoms with E-state index in [-0.39, 0.29) is 16.7 Å². The van der Waals surface area contributed by atoms with E-state index in [2.05, 4.69) is 16.8 Å². The van der Waals surface area contributed by atoms with Crippen molar-refractivity contribution in [2.75, 3.05) is 32.1 Å². The van der Waals surface area contributed by atoms with Crippen molar-refractivity contribution in [2.45, 2.75) is 18.9 Å². The van der Waals surface area contributed by atoms with E-state index in [9.17, 15) is 10.1 Å². The highest BCUT2D eigenvalue weighted by molar-refractivity contribution is 5.72. The molecule has 0 radical (unpaired) electrons. The quantitative estimate of drug-likeness (QED) is 0.611. The van der Waals surface area contributed by atoms with E-state index in [4.69, 9.17) is 4.74 Å². The maximum Gasteiger partial charge on any atom is 0.271 e. The number of hydrogen-bond donors (Lipinski definition) is 0. The fraction of sp³-hybridized carbons (Fsp3) is 0.368. The normalized spacial score (nSPS) is 15.8. The lowest BCUT2D eigenvalue weighted by atomic mass is 10.0. The van der Waals surface area contributed by atoms with Crippen LogP contribution in [-0.4, -0.2) is 43.1 Å². The molecule has 0 atom stereocenters. The number of benzene rings is 2. The van der Waals surface area contributed by atoms with Gasteiger partial charge in [-0.2, -0.15) is 0 Å². The number of nitro benzene ring substituents is 1. The van der Waals surface area contributed by atoms with Crippen LogP contribution in [0.15, 0.2) is 48.5 Å². The second-order valence-corrected chi connectivity index (χ2v) is 6.35. The monoisotopic (exact) mass is 341 g/mol. The molecule has 1 fully saturated rings. The molecule has 25 heavy (non-hydrogen) atoms. The third-order valence-corrected chi connectivity index (χ3v) is 4.72. The second kappa shape index (κ2) is 7.53.